The van der Waals surface area contributed by atoms with Gasteiger partial charge in [0.2, 0.25) is 10.0 Å². The molecular weight excluding hydrogens is 248 g/mol. The van der Waals surface area contributed by atoms with Gasteiger partial charge in [-0.3, -0.25) is 0 Å². The van der Waals surface area contributed by atoms with Crippen molar-refractivity contribution in [2.24, 2.45) is 5.92 Å². The molecule has 1 unspecified atom stereocenters. The fourth-order valence-electron chi connectivity index (χ4n) is 2.58. The molecule has 0 aromatic carbocycles. The topological polar surface area (TPSA) is 49.4 Å². The van der Waals surface area contributed by atoms with Crippen LogP contribution in [-0.4, -0.2) is 44.2 Å². The summed E-state index contributed by atoms with van der Waals surface area (Å²) in [6.07, 6.45) is 3.83. The number of nitrogens with zero attached hydrogens (tertiary/aromatic N) is 1. The van der Waals surface area contributed by atoms with Crippen LogP contribution in [0.3, 0.4) is 0 Å². The summed E-state index contributed by atoms with van der Waals surface area (Å²) < 4.78 is 25.6. The first kappa shape index (κ1) is 15.9. The standard InChI is InChI=1S/C13H28N2O2S/c1-4-8-14-12(3)13-6-9-15(10-7-13)18(16,17)11-5-2/h12-14H,4-11H2,1-3H3. The zero-order valence-electron chi connectivity index (χ0n) is 12.0. The molecule has 4 nitrogen and oxygen atoms in total. The molecule has 1 heterocycles. The fourth-order valence-corrected chi connectivity index (χ4v) is 4.12. The maximum Gasteiger partial charge on any atom is 0.214 e. The summed E-state index contributed by atoms with van der Waals surface area (Å²) in [6.45, 7) is 8.75. The molecule has 0 aromatic rings. The van der Waals surface area contributed by atoms with Crippen molar-refractivity contribution in [2.75, 3.05) is 25.4 Å². The van der Waals surface area contributed by atoms with Crippen LogP contribution in [0, 0.1) is 5.92 Å². The summed E-state index contributed by atoms with van der Waals surface area (Å²) in [4.78, 5) is 0. The molecule has 0 aliphatic carbocycles. The van der Waals surface area contributed by atoms with Gasteiger partial charge in [0.15, 0.2) is 0 Å². The molecule has 0 aromatic heterocycles. The molecular formula is C13H28N2O2S. The largest absolute Gasteiger partial charge is 0.314 e. The van der Waals surface area contributed by atoms with Crippen LogP contribution in [0.15, 0.2) is 0 Å². The maximum atomic E-state index is 11.9. The smallest absolute Gasteiger partial charge is 0.214 e. The normalized spacial score (nSPS) is 21.1. The molecule has 1 saturated heterocycles. The van der Waals surface area contributed by atoms with Gasteiger partial charge in [-0.15, -0.1) is 0 Å². The van der Waals surface area contributed by atoms with Crippen molar-refractivity contribution in [1.29, 1.82) is 0 Å². The van der Waals surface area contributed by atoms with E-state index in [-0.39, 0.29) is 0 Å². The summed E-state index contributed by atoms with van der Waals surface area (Å²) >= 11 is 0. The summed E-state index contributed by atoms with van der Waals surface area (Å²) in [6, 6.07) is 0.501. The Bertz CT molecular complexity index is 322. The third-order valence-corrected chi connectivity index (χ3v) is 5.85. The van der Waals surface area contributed by atoms with E-state index in [1.807, 2.05) is 6.92 Å². The first-order valence-electron chi connectivity index (χ1n) is 7.22. The van der Waals surface area contributed by atoms with Gasteiger partial charge in [0.1, 0.15) is 0 Å². The van der Waals surface area contributed by atoms with Crippen molar-refractivity contribution in [3.8, 4) is 0 Å². The van der Waals surface area contributed by atoms with Crippen LogP contribution in [0.2, 0.25) is 0 Å². The number of nitrogens with one attached hydrogen (secondary N) is 1. The summed E-state index contributed by atoms with van der Waals surface area (Å²) in [7, 11) is -2.99. The highest BCUT2D eigenvalue weighted by Crippen LogP contribution is 2.22. The lowest BCUT2D eigenvalue weighted by Gasteiger charge is -2.34. The average molecular weight is 276 g/mol. The first-order valence-corrected chi connectivity index (χ1v) is 8.83. The predicted molar refractivity (Wildman–Crippen MR) is 76.1 cm³/mol. The Kier molecular flexibility index (Phi) is 6.60. The van der Waals surface area contributed by atoms with E-state index in [0.717, 1.165) is 25.8 Å². The van der Waals surface area contributed by atoms with E-state index in [4.69, 9.17) is 0 Å². The molecule has 5 heteroatoms. The second-order valence-electron chi connectivity index (χ2n) is 5.30. The quantitative estimate of drug-likeness (QED) is 0.772. The highest BCUT2D eigenvalue weighted by Gasteiger charge is 2.29. The van der Waals surface area contributed by atoms with Crippen LogP contribution in [0.1, 0.15) is 46.5 Å². The van der Waals surface area contributed by atoms with E-state index in [2.05, 4.69) is 19.2 Å². The SMILES string of the molecule is CCCNC(C)C1CCN(S(=O)(=O)CCC)CC1. The zero-order valence-corrected chi connectivity index (χ0v) is 12.8. The third kappa shape index (κ3) is 4.52. The summed E-state index contributed by atoms with van der Waals surface area (Å²) in [5.41, 5.74) is 0. The lowest BCUT2D eigenvalue weighted by molar-refractivity contribution is 0.231. The van der Waals surface area contributed by atoms with Crippen LogP contribution >= 0.6 is 0 Å². The molecule has 18 heavy (non-hydrogen) atoms. The molecule has 0 bridgehead atoms. The Morgan fingerprint density at radius 2 is 1.83 bits per heavy atom. The number of sulfonamides is 1. The second kappa shape index (κ2) is 7.46. The fraction of sp³-hybridized carbons (Fsp3) is 1.00. The van der Waals surface area contributed by atoms with E-state index in [1.165, 1.54) is 0 Å². The first-order chi connectivity index (χ1) is 8.51. The molecule has 1 rings (SSSR count). The Balaban J connectivity index is 2.41. The highest BCUT2D eigenvalue weighted by molar-refractivity contribution is 7.89. The van der Waals surface area contributed by atoms with Crippen molar-refractivity contribution in [1.82, 2.24) is 9.62 Å². The zero-order chi connectivity index (χ0) is 13.6. The van der Waals surface area contributed by atoms with E-state index < -0.39 is 10.0 Å². The minimum atomic E-state index is -2.99. The third-order valence-electron chi connectivity index (χ3n) is 3.78. The van der Waals surface area contributed by atoms with E-state index >= 15 is 0 Å². The van der Waals surface area contributed by atoms with Crippen LogP contribution < -0.4 is 5.32 Å². The minimum Gasteiger partial charge on any atom is -0.314 e. The number of piperidine rings is 1. The highest BCUT2D eigenvalue weighted by atomic mass is 32.2. The number of rotatable bonds is 7. The molecule has 1 aliphatic heterocycles. The van der Waals surface area contributed by atoms with Crippen LogP contribution in [0.25, 0.3) is 0 Å². The van der Waals surface area contributed by atoms with Crippen molar-refractivity contribution >= 4 is 10.0 Å². The van der Waals surface area contributed by atoms with Gasteiger partial charge in [-0.05, 0) is 45.1 Å². The Morgan fingerprint density at radius 3 is 2.33 bits per heavy atom. The average Bonchev–Trinajstić information content (AvgIpc) is 2.36. The maximum absolute atomic E-state index is 11.9. The van der Waals surface area contributed by atoms with Crippen molar-refractivity contribution in [3.05, 3.63) is 0 Å². The van der Waals surface area contributed by atoms with E-state index in [1.54, 1.807) is 4.31 Å². The molecule has 108 valence electrons. The summed E-state index contributed by atoms with van der Waals surface area (Å²) in [5.74, 6) is 0.908. The van der Waals surface area contributed by atoms with Gasteiger partial charge in [0.25, 0.3) is 0 Å². The number of hydrogen-bond donors (Lipinski definition) is 1. The molecule has 0 spiro atoms. The minimum absolute atomic E-state index is 0.293. The molecule has 0 radical (unpaired) electrons. The van der Waals surface area contributed by atoms with E-state index in [9.17, 15) is 8.42 Å². The predicted octanol–water partition coefficient (Wildman–Crippen LogP) is 1.83. The molecule has 0 saturated carbocycles. The second-order valence-corrected chi connectivity index (χ2v) is 7.38. The van der Waals surface area contributed by atoms with Crippen molar-refractivity contribution in [3.63, 3.8) is 0 Å². The van der Waals surface area contributed by atoms with Gasteiger partial charge < -0.3 is 5.32 Å². The van der Waals surface area contributed by atoms with Gasteiger partial charge in [-0.1, -0.05) is 13.8 Å². The van der Waals surface area contributed by atoms with Crippen molar-refractivity contribution < 1.29 is 8.42 Å². The van der Waals surface area contributed by atoms with Crippen LogP contribution in [0.4, 0.5) is 0 Å². The van der Waals surface area contributed by atoms with E-state index in [0.29, 0.717) is 37.2 Å². The molecule has 1 aliphatic rings. The van der Waals surface area contributed by atoms with Crippen LogP contribution in [-0.2, 0) is 10.0 Å². The monoisotopic (exact) mass is 276 g/mol. The van der Waals surface area contributed by atoms with Gasteiger partial charge in [0.05, 0.1) is 5.75 Å². The van der Waals surface area contributed by atoms with Crippen molar-refractivity contribution in [2.45, 2.75) is 52.5 Å². The molecule has 0 amide bonds. The van der Waals surface area contributed by atoms with Gasteiger partial charge in [-0.2, -0.15) is 0 Å². The van der Waals surface area contributed by atoms with Gasteiger partial charge in [0, 0.05) is 19.1 Å². The molecule has 1 fully saturated rings. The Labute approximate surface area is 112 Å². The Hall–Kier alpha value is -0.130. The van der Waals surface area contributed by atoms with Gasteiger partial charge in [-0.25, -0.2) is 12.7 Å². The molecule has 1 N–H and O–H groups in total. The lowest BCUT2D eigenvalue weighted by Crippen LogP contribution is -2.44. The lowest BCUT2D eigenvalue weighted by atomic mass is 9.91. The van der Waals surface area contributed by atoms with Crippen LogP contribution in [0.5, 0.6) is 0 Å². The summed E-state index contributed by atoms with van der Waals surface area (Å²) in [5, 5.41) is 3.51. The Morgan fingerprint density at radius 1 is 1.22 bits per heavy atom. The molecule has 1 atom stereocenters. The van der Waals surface area contributed by atoms with Gasteiger partial charge >= 0.3 is 0 Å². The number of hydrogen-bond acceptors (Lipinski definition) is 3.